The number of rotatable bonds is 1. The van der Waals surface area contributed by atoms with Crippen LogP contribution in [0.1, 0.15) is 21.7 Å². The van der Waals surface area contributed by atoms with Gasteiger partial charge in [-0.05, 0) is 49.2 Å². The van der Waals surface area contributed by atoms with Crippen LogP contribution in [-0.4, -0.2) is 10.5 Å². The van der Waals surface area contributed by atoms with Crippen molar-refractivity contribution in [1.29, 1.82) is 0 Å². The third-order valence-corrected chi connectivity index (χ3v) is 4.45. The van der Waals surface area contributed by atoms with Crippen LogP contribution >= 0.6 is 11.3 Å². The first-order valence-electron chi connectivity index (χ1n) is 6.25. The minimum absolute atomic E-state index is 0.259. The third-order valence-electron chi connectivity index (χ3n) is 3.35. The SMILES string of the molecule is Cc1cc2sc(=NC(=O)c3ccco3)n(C)c2cc1C. The van der Waals surface area contributed by atoms with E-state index in [0.29, 0.717) is 4.80 Å². The van der Waals surface area contributed by atoms with Crippen LogP contribution < -0.4 is 4.80 Å². The molecule has 0 N–H and O–H groups in total. The minimum Gasteiger partial charge on any atom is -0.459 e. The second-order valence-electron chi connectivity index (χ2n) is 4.74. The zero-order valence-corrected chi connectivity index (χ0v) is 12.3. The molecule has 4 nitrogen and oxygen atoms in total. The number of thiazole rings is 1. The van der Waals surface area contributed by atoms with Crippen molar-refractivity contribution < 1.29 is 9.21 Å². The molecule has 0 saturated carbocycles. The molecule has 0 aliphatic carbocycles. The van der Waals surface area contributed by atoms with Gasteiger partial charge < -0.3 is 8.98 Å². The van der Waals surface area contributed by atoms with E-state index in [4.69, 9.17) is 4.42 Å². The van der Waals surface area contributed by atoms with Crippen LogP contribution in [0.15, 0.2) is 39.9 Å². The molecule has 0 fully saturated rings. The number of benzene rings is 1. The van der Waals surface area contributed by atoms with Gasteiger partial charge in [0.05, 0.1) is 16.5 Å². The quantitative estimate of drug-likeness (QED) is 0.689. The van der Waals surface area contributed by atoms with Gasteiger partial charge in [-0.2, -0.15) is 4.99 Å². The summed E-state index contributed by atoms with van der Waals surface area (Å²) >= 11 is 1.51. The fourth-order valence-electron chi connectivity index (χ4n) is 2.03. The summed E-state index contributed by atoms with van der Waals surface area (Å²) in [5, 5.41) is 0. The molecule has 3 rings (SSSR count). The van der Waals surface area contributed by atoms with E-state index >= 15 is 0 Å². The molecule has 3 aromatic rings. The van der Waals surface area contributed by atoms with Crippen LogP contribution in [0.3, 0.4) is 0 Å². The van der Waals surface area contributed by atoms with Gasteiger partial charge >= 0.3 is 5.91 Å². The molecule has 102 valence electrons. The van der Waals surface area contributed by atoms with Crippen LogP contribution in [0.25, 0.3) is 10.2 Å². The smallest absolute Gasteiger partial charge is 0.315 e. The number of fused-ring (bicyclic) bond motifs is 1. The van der Waals surface area contributed by atoms with Crippen molar-refractivity contribution in [3.05, 3.63) is 52.2 Å². The molecule has 0 bridgehead atoms. The van der Waals surface area contributed by atoms with Gasteiger partial charge in [0, 0.05) is 7.05 Å². The van der Waals surface area contributed by atoms with Crippen LogP contribution in [0.2, 0.25) is 0 Å². The molecule has 0 aliphatic rings. The molecule has 0 unspecified atom stereocenters. The average Bonchev–Trinajstić information content (AvgIpc) is 3.02. The van der Waals surface area contributed by atoms with Crippen LogP contribution in [-0.2, 0) is 7.05 Å². The summed E-state index contributed by atoms with van der Waals surface area (Å²) < 4.78 is 8.14. The van der Waals surface area contributed by atoms with E-state index in [2.05, 4.69) is 31.0 Å². The lowest BCUT2D eigenvalue weighted by Gasteiger charge is -2.00. The number of carbonyl (C=O) groups excluding carboxylic acids is 1. The number of aryl methyl sites for hydroxylation is 3. The highest BCUT2D eigenvalue weighted by molar-refractivity contribution is 7.16. The number of hydrogen-bond donors (Lipinski definition) is 0. The Labute approximate surface area is 120 Å². The maximum Gasteiger partial charge on any atom is 0.315 e. The van der Waals surface area contributed by atoms with E-state index in [9.17, 15) is 4.79 Å². The van der Waals surface area contributed by atoms with Crippen LogP contribution in [0, 0.1) is 13.8 Å². The molecule has 5 heteroatoms. The van der Waals surface area contributed by atoms with Crippen molar-refractivity contribution in [1.82, 2.24) is 4.57 Å². The minimum atomic E-state index is -0.356. The van der Waals surface area contributed by atoms with Gasteiger partial charge in [0.1, 0.15) is 0 Å². The summed E-state index contributed by atoms with van der Waals surface area (Å²) in [5.41, 5.74) is 3.56. The Hall–Kier alpha value is -2.14. The highest BCUT2D eigenvalue weighted by Crippen LogP contribution is 2.21. The monoisotopic (exact) mass is 286 g/mol. The first kappa shape index (κ1) is 12.9. The Bertz CT molecular complexity index is 854. The number of nitrogens with zero attached hydrogens (tertiary/aromatic N) is 2. The second kappa shape index (κ2) is 4.76. The fraction of sp³-hybridized carbons (Fsp3) is 0.200. The van der Waals surface area contributed by atoms with Crippen molar-refractivity contribution in [3.63, 3.8) is 0 Å². The van der Waals surface area contributed by atoms with Crippen molar-refractivity contribution in [2.75, 3.05) is 0 Å². The molecule has 0 spiro atoms. The highest BCUT2D eigenvalue weighted by Gasteiger charge is 2.09. The third kappa shape index (κ3) is 2.10. The predicted molar refractivity (Wildman–Crippen MR) is 78.9 cm³/mol. The van der Waals surface area contributed by atoms with E-state index in [0.717, 1.165) is 10.2 Å². The zero-order chi connectivity index (χ0) is 14.3. The predicted octanol–water partition coefficient (Wildman–Crippen LogP) is 3.19. The van der Waals surface area contributed by atoms with E-state index in [1.807, 2.05) is 11.6 Å². The number of furan rings is 1. The maximum absolute atomic E-state index is 12.0. The van der Waals surface area contributed by atoms with Crippen molar-refractivity contribution in [3.8, 4) is 0 Å². The Morgan fingerprint density at radius 1 is 1.30 bits per heavy atom. The molecule has 20 heavy (non-hydrogen) atoms. The summed E-state index contributed by atoms with van der Waals surface area (Å²) in [6, 6.07) is 7.55. The Morgan fingerprint density at radius 2 is 2.05 bits per heavy atom. The lowest BCUT2D eigenvalue weighted by atomic mass is 10.1. The van der Waals surface area contributed by atoms with Crippen LogP contribution in [0.5, 0.6) is 0 Å². The molecule has 0 atom stereocenters. The van der Waals surface area contributed by atoms with Gasteiger partial charge in [-0.3, -0.25) is 4.79 Å². The summed E-state index contributed by atoms with van der Waals surface area (Å²) in [6.45, 7) is 4.16. The standard InChI is InChI=1S/C15H14N2O2S/c1-9-7-11-13(8-10(9)2)20-15(17(11)3)16-14(18)12-5-4-6-19-12/h4-8H,1-3H3. The van der Waals surface area contributed by atoms with Crippen molar-refractivity contribution in [2.45, 2.75) is 13.8 Å². The topological polar surface area (TPSA) is 47.5 Å². The summed E-state index contributed by atoms with van der Waals surface area (Å²) in [6.07, 6.45) is 1.47. The van der Waals surface area contributed by atoms with E-state index in [-0.39, 0.29) is 11.7 Å². The summed E-state index contributed by atoms with van der Waals surface area (Å²) in [4.78, 5) is 16.8. The van der Waals surface area contributed by atoms with E-state index in [1.54, 1.807) is 12.1 Å². The molecule has 1 aromatic carbocycles. The zero-order valence-electron chi connectivity index (χ0n) is 11.5. The molecule has 0 aliphatic heterocycles. The first-order valence-corrected chi connectivity index (χ1v) is 7.07. The van der Waals surface area contributed by atoms with Crippen LogP contribution in [0.4, 0.5) is 0 Å². The van der Waals surface area contributed by atoms with Gasteiger partial charge in [-0.1, -0.05) is 11.3 Å². The molecule has 1 amide bonds. The maximum atomic E-state index is 12.0. The summed E-state index contributed by atoms with van der Waals surface area (Å²) in [5.74, 6) is -0.0968. The van der Waals surface area contributed by atoms with Crippen molar-refractivity contribution >= 4 is 27.5 Å². The second-order valence-corrected chi connectivity index (χ2v) is 5.75. The van der Waals surface area contributed by atoms with Gasteiger partial charge in [-0.15, -0.1) is 0 Å². The molecular formula is C15H14N2O2S. The number of hydrogen-bond acceptors (Lipinski definition) is 3. The Kier molecular flexibility index (Phi) is 3.06. The fourth-order valence-corrected chi connectivity index (χ4v) is 3.12. The highest BCUT2D eigenvalue weighted by atomic mass is 32.1. The van der Waals surface area contributed by atoms with E-state index < -0.39 is 0 Å². The molecule has 2 heterocycles. The van der Waals surface area contributed by atoms with Crippen molar-refractivity contribution in [2.24, 2.45) is 12.0 Å². The largest absolute Gasteiger partial charge is 0.459 e. The lowest BCUT2D eigenvalue weighted by molar-refractivity contribution is 0.0971. The molecular weight excluding hydrogens is 272 g/mol. The Balaban J connectivity index is 2.17. The van der Waals surface area contributed by atoms with Gasteiger partial charge in [0.2, 0.25) is 0 Å². The normalized spacial score (nSPS) is 12.2. The van der Waals surface area contributed by atoms with Gasteiger partial charge in [-0.25, -0.2) is 0 Å². The van der Waals surface area contributed by atoms with Gasteiger partial charge in [0.25, 0.3) is 0 Å². The lowest BCUT2D eigenvalue weighted by Crippen LogP contribution is -2.13. The Morgan fingerprint density at radius 3 is 2.75 bits per heavy atom. The molecule has 0 saturated heterocycles. The summed E-state index contributed by atoms with van der Waals surface area (Å²) in [7, 11) is 1.92. The first-order chi connectivity index (χ1) is 9.56. The molecule has 0 radical (unpaired) electrons. The number of carbonyl (C=O) groups is 1. The van der Waals surface area contributed by atoms with E-state index in [1.165, 1.54) is 28.7 Å². The van der Waals surface area contributed by atoms with Gasteiger partial charge in [0.15, 0.2) is 10.6 Å². The molecule has 2 aromatic heterocycles. The number of amides is 1. The number of aromatic nitrogens is 1. The average molecular weight is 286 g/mol.